The number of hydrogen-bond acceptors (Lipinski definition) is 6. The van der Waals surface area contributed by atoms with E-state index in [0.29, 0.717) is 43.3 Å². The zero-order valence-corrected chi connectivity index (χ0v) is 23.4. The molecule has 8 heteroatoms. The molecule has 1 aliphatic rings. The molecule has 4 aromatic rings. The van der Waals surface area contributed by atoms with Gasteiger partial charge in [0.1, 0.15) is 12.0 Å². The van der Waals surface area contributed by atoms with Gasteiger partial charge in [0, 0.05) is 13.0 Å². The third-order valence-electron chi connectivity index (χ3n) is 7.35. The Morgan fingerprint density at radius 2 is 1.85 bits per heavy atom. The summed E-state index contributed by atoms with van der Waals surface area (Å²) in [5, 5.41) is 3.01. The quantitative estimate of drug-likeness (QED) is 0.289. The first-order valence-corrected chi connectivity index (χ1v) is 13.4. The SMILES string of the molecule is COc1ccc(CCOc2cc3c(cc2OC)CCN(C(=O)NCc2cocn2)C3c2ccc(C)cc2C)cc1. The molecule has 2 amide bonds. The van der Waals surface area contributed by atoms with Gasteiger partial charge >= 0.3 is 6.03 Å². The number of amides is 2. The van der Waals surface area contributed by atoms with Crippen LogP contribution in [0.5, 0.6) is 17.2 Å². The molecule has 0 radical (unpaired) electrons. The van der Waals surface area contributed by atoms with E-state index in [1.54, 1.807) is 14.2 Å². The lowest BCUT2D eigenvalue weighted by Gasteiger charge is -2.38. The minimum atomic E-state index is -0.281. The van der Waals surface area contributed by atoms with E-state index >= 15 is 0 Å². The first-order valence-electron chi connectivity index (χ1n) is 13.4. The van der Waals surface area contributed by atoms with Gasteiger partial charge in [0.15, 0.2) is 17.9 Å². The highest BCUT2D eigenvalue weighted by atomic mass is 16.5. The smallest absolute Gasteiger partial charge is 0.318 e. The first-order chi connectivity index (χ1) is 19.5. The molecule has 0 aliphatic carbocycles. The minimum absolute atomic E-state index is 0.156. The molecule has 3 aromatic carbocycles. The van der Waals surface area contributed by atoms with Gasteiger partial charge in [0.25, 0.3) is 0 Å². The van der Waals surface area contributed by atoms with E-state index in [4.69, 9.17) is 18.6 Å². The van der Waals surface area contributed by atoms with Crippen molar-refractivity contribution in [2.45, 2.75) is 39.3 Å². The molecule has 0 spiro atoms. The standard InChI is InChI=1S/C32H35N3O5/c1-21-5-10-27(22(2)15-21)31-28-17-30(40-14-12-23-6-8-26(37-3)9-7-23)29(38-4)16-24(28)11-13-35(31)32(36)33-18-25-19-39-20-34-25/h5-10,15-17,19-20,31H,11-14,18H2,1-4H3,(H,33,36). The molecule has 1 atom stereocenters. The summed E-state index contributed by atoms with van der Waals surface area (Å²) in [5.74, 6) is 2.18. The van der Waals surface area contributed by atoms with Crippen molar-refractivity contribution in [1.29, 1.82) is 0 Å². The fourth-order valence-electron chi connectivity index (χ4n) is 5.25. The van der Waals surface area contributed by atoms with Crippen molar-refractivity contribution in [3.63, 3.8) is 0 Å². The topological polar surface area (TPSA) is 86.1 Å². The monoisotopic (exact) mass is 541 g/mol. The molecule has 1 aromatic heterocycles. The summed E-state index contributed by atoms with van der Waals surface area (Å²) < 4.78 is 22.3. The number of methoxy groups -OCH3 is 2. The van der Waals surface area contributed by atoms with Crippen LogP contribution in [0, 0.1) is 13.8 Å². The van der Waals surface area contributed by atoms with Crippen molar-refractivity contribution in [3.05, 3.63) is 106 Å². The summed E-state index contributed by atoms with van der Waals surface area (Å²) in [6.45, 7) is 5.51. The van der Waals surface area contributed by atoms with Gasteiger partial charge in [-0.3, -0.25) is 0 Å². The zero-order chi connectivity index (χ0) is 28.1. The van der Waals surface area contributed by atoms with Crippen molar-refractivity contribution < 1.29 is 23.4 Å². The van der Waals surface area contributed by atoms with E-state index in [9.17, 15) is 4.79 Å². The summed E-state index contributed by atoms with van der Waals surface area (Å²) in [5.41, 5.74) is 7.39. The number of oxazole rings is 1. The lowest BCUT2D eigenvalue weighted by Crippen LogP contribution is -2.46. The number of aryl methyl sites for hydroxylation is 2. The zero-order valence-electron chi connectivity index (χ0n) is 23.4. The van der Waals surface area contributed by atoms with Crippen LogP contribution >= 0.6 is 0 Å². The molecule has 208 valence electrons. The van der Waals surface area contributed by atoms with Gasteiger partial charge in [-0.25, -0.2) is 9.78 Å². The van der Waals surface area contributed by atoms with Crippen molar-refractivity contribution in [2.24, 2.45) is 0 Å². The van der Waals surface area contributed by atoms with Crippen LogP contribution in [0.25, 0.3) is 0 Å². The van der Waals surface area contributed by atoms with Crippen LogP contribution in [0.2, 0.25) is 0 Å². The highest BCUT2D eigenvalue weighted by molar-refractivity contribution is 5.76. The van der Waals surface area contributed by atoms with Gasteiger partial charge in [-0.15, -0.1) is 0 Å². The third kappa shape index (κ3) is 5.91. The Bertz CT molecular complexity index is 1450. The van der Waals surface area contributed by atoms with Gasteiger partial charge in [-0.2, -0.15) is 0 Å². The van der Waals surface area contributed by atoms with Crippen LogP contribution in [-0.4, -0.2) is 43.3 Å². The Balaban J connectivity index is 1.44. The Labute approximate surface area is 234 Å². The number of rotatable bonds is 9. The van der Waals surface area contributed by atoms with Gasteiger partial charge in [-0.05, 0) is 72.4 Å². The lowest BCUT2D eigenvalue weighted by molar-refractivity contribution is 0.179. The summed E-state index contributed by atoms with van der Waals surface area (Å²) in [6.07, 6.45) is 4.34. The van der Waals surface area contributed by atoms with Gasteiger partial charge in [0.2, 0.25) is 0 Å². The van der Waals surface area contributed by atoms with Crippen molar-refractivity contribution in [3.8, 4) is 17.2 Å². The van der Waals surface area contributed by atoms with Crippen LogP contribution in [-0.2, 0) is 19.4 Å². The van der Waals surface area contributed by atoms with E-state index in [0.717, 1.165) is 40.0 Å². The fraction of sp³-hybridized carbons (Fsp3) is 0.312. The summed E-state index contributed by atoms with van der Waals surface area (Å²) in [7, 11) is 3.32. The van der Waals surface area contributed by atoms with Crippen LogP contribution in [0.3, 0.4) is 0 Å². The molecule has 0 fully saturated rings. The molecule has 8 nitrogen and oxygen atoms in total. The van der Waals surface area contributed by atoms with E-state index < -0.39 is 0 Å². The number of carbonyl (C=O) groups excluding carboxylic acids is 1. The summed E-state index contributed by atoms with van der Waals surface area (Å²) in [6, 6.07) is 18.0. The van der Waals surface area contributed by atoms with Gasteiger partial charge in [-0.1, -0.05) is 35.9 Å². The summed E-state index contributed by atoms with van der Waals surface area (Å²) >= 11 is 0. The van der Waals surface area contributed by atoms with Crippen molar-refractivity contribution >= 4 is 6.03 Å². The predicted octanol–water partition coefficient (Wildman–Crippen LogP) is 5.79. The molecule has 0 saturated heterocycles. The second-order valence-corrected chi connectivity index (χ2v) is 9.99. The van der Waals surface area contributed by atoms with E-state index in [1.807, 2.05) is 35.2 Å². The number of ether oxygens (including phenoxy) is 3. The average Bonchev–Trinajstić information content (AvgIpc) is 3.49. The number of fused-ring (bicyclic) bond motifs is 1. The third-order valence-corrected chi connectivity index (χ3v) is 7.35. The lowest BCUT2D eigenvalue weighted by atomic mass is 9.85. The molecule has 5 rings (SSSR count). The Morgan fingerprint density at radius 3 is 2.55 bits per heavy atom. The van der Waals surface area contributed by atoms with E-state index in [1.165, 1.54) is 18.2 Å². The predicted molar refractivity (Wildman–Crippen MR) is 152 cm³/mol. The van der Waals surface area contributed by atoms with Gasteiger partial charge < -0.3 is 28.8 Å². The number of nitrogens with one attached hydrogen (secondary N) is 1. The molecular weight excluding hydrogens is 506 g/mol. The molecule has 1 N–H and O–H groups in total. The van der Waals surface area contributed by atoms with Crippen LogP contribution < -0.4 is 19.5 Å². The van der Waals surface area contributed by atoms with Gasteiger partial charge in [0.05, 0.1) is 39.1 Å². The number of nitrogens with zero attached hydrogens (tertiary/aromatic N) is 2. The van der Waals surface area contributed by atoms with E-state index in [-0.39, 0.29) is 12.1 Å². The number of benzene rings is 3. The highest BCUT2D eigenvalue weighted by Crippen LogP contribution is 2.42. The molecule has 1 unspecified atom stereocenters. The maximum Gasteiger partial charge on any atom is 0.318 e. The molecule has 40 heavy (non-hydrogen) atoms. The van der Waals surface area contributed by atoms with E-state index in [2.05, 4.69) is 48.4 Å². The molecule has 0 bridgehead atoms. The van der Waals surface area contributed by atoms with Crippen LogP contribution in [0.15, 0.2) is 71.7 Å². The fourth-order valence-corrected chi connectivity index (χ4v) is 5.25. The Kier molecular flexibility index (Phi) is 8.24. The highest BCUT2D eigenvalue weighted by Gasteiger charge is 2.34. The first kappa shape index (κ1) is 27.1. The minimum Gasteiger partial charge on any atom is -0.497 e. The molecular formula is C32H35N3O5. The normalized spacial score (nSPS) is 14.4. The molecule has 1 aliphatic heterocycles. The Hall–Kier alpha value is -4.46. The second-order valence-electron chi connectivity index (χ2n) is 9.99. The number of carbonyl (C=O) groups is 1. The van der Waals surface area contributed by atoms with Crippen molar-refractivity contribution in [2.75, 3.05) is 27.4 Å². The van der Waals surface area contributed by atoms with Crippen LogP contribution in [0.1, 0.15) is 45.1 Å². The molecule has 2 heterocycles. The Morgan fingerprint density at radius 1 is 1.02 bits per heavy atom. The number of urea groups is 1. The summed E-state index contributed by atoms with van der Waals surface area (Å²) in [4.78, 5) is 19.6. The second kappa shape index (κ2) is 12.2. The number of hydrogen-bond donors (Lipinski definition) is 1. The maximum atomic E-state index is 13.5. The maximum absolute atomic E-state index is 13.5. The van der Waals surface area contributed by atoms with Crippen molar-refractivity contribution in [1.82, 2.24) is 15.2 Å². The number of aromatic nitrogens is 1. The van der Waals surface area contributed by atoms with Crippen LogP contribution in [0.4, 0.5) is 4.79 Å². The molecule has 0 saturated carbocycles. The average molecular weight is 542 g/mol. The largest absolute Gasteiger partial charge is 0.497 e.